The fourth-order valence-corrected chi connectivity index (χ4v) is 3.43. The molecule has 1 aromatic rings. The number of aliphatic hydroxyl groups excluding tert-OH is 1. The number of piperidine rings is 1. The maximum absolute atomic E-state index is 12.0. The van der Waals surface area contributed by atoms with E-state index in [2.05, 4.69) is 9.97 Å². The lowest BCUT2D eigenvalue weighted by Crippen LogP contribution is -2.56. The van der Waals surface area contributed by atoms with Crippen molar-refractivity contribution in [1.82, 2.24) is 9.97 Å². The van der Waals surface area contributed by atoms with Gasteiger partial charge in [0.05, 0.1) is 6.10 Å². The Kier molecular flexibility index (Phi) is 3.80. The Morgan fingerprint density at radius 3 is 2.77 bits per heavy atom. The van der Waals surface area contributed by atoms with Crippen molar-refractivity contribution in [3.05, 3.63) is 17.6 Å². The molecule has 0 unspecified atom stereocenters. The number of anilines is 1. The van der Waals surface area contributed by atoms with E-state index in [9.17, 15) is 15.0 Å². The number of carbonyl (C=O) groups is 1. The molecule has 1 saturated heterocycles. The molecule has 1 aliphatic heterocycles. The van der Waals surface area contributed by atoms with Crippen LogP contribution < -0.4 is 4.90 Å². The van der Waals surface area contributed by atoms with E-state index in [4.69, 9.17) is 0 Å². The van der Waals surface area contributed by atoms with Gasteiger partial charge < -0.3 is 15.1 Å². The van der Waals surface area contributed by atoms with E-state index in [1.165, 1.54) is 0 Å². The molecule has 2 N–H and O–H groups in total. The van der Waals surface area contributed by atoms with Gasteiger partial charge >= 0.3 is 5.97 Å². The fraction of sp³-hybridized carbons (Fsp3) is 0.688. The van der Waals surface area contributed by atoms with Crippen LogP contribution in [0.4, 0.5) is 5.82 Å². The SMILES string of the molecule is Cc1ncc(C)c(N2CC[C@H](O)[C@](CC3CC3)(C(=O)O)C2)n1. The molecule has 0 amide bonds. The smallest absolute Gasteiger partial charge is 0.314 e. The predicted molar refractivity (Wildman–Crippen MR) is 81.8 cm³/mol. The Morgan fingerprint density at radius 2 is 2.14 bits per heavy atom. The van der Waals surface area contributed by atoms with Gasteiger partial charge in [0.15, 0.2) is 0 Å². The number of aryl methyl sites for hydroxylation is 2. The zero-order valence-electron chi connectivity index (χ0n) is 13.1. The molecule has 1 aromatic heterocycles. The number of aliphatic carboxylic acids is 1. The fourth-order valence-electron chi connectivity index (χ4n) is 3.43. The van der Waals surface area contributed by atoms with Crippen LogP contribution in [-0.2, 0) is 4.79 Å². The summed E-state index contributed by atoms with van der Waals surface area (Å²) in [5.74, 6) is 1.02. The van der Waals surface area contributed by atoms with Gasteiger partial charge in [-0.1, -0.05) is 12.8 Å². The number of hydrogen-bond donors (Lipinski definition) is 2. The maximum Gasteiger partial charge on any atom is 0.314 e. The summed E-state index contributed by atoms with van der Waals surface area (Å²) in [7, 11) is 0. The first-order chi connectivity index (χ1) is 10.4. The van der Waals surface area contributed by atoms with Gasteiger partial charge in [-0.05, 0) is 32.6 Å². The molecule has 2 heterocycles. The Balaban J connectivity index is 1.91. The molecule has 120 valence electrons. The monoisotopic (exact) mass is 305 g/mol. The van der Waals surface area contributed by atoms with Crippen molar-refractivity contribution in [2.45, 2.75) is 45.6 Å². The summed E-state index contributed by atoms with van der Waals surface area (Å²) >= 11 is 0. The van der Waals surface area contributed by atoms with Gasteiger partial charge in [0, 0.05) is 24.8 Å². The molecular formula is C16H23N3O3. The Morgan fingerprint density at radius 1 is 1.41 bits per heavy atom. The summed E-state index contributed by atoms with van der Waals surface area (Å²) in [6.07, 6.45) is 4.15. The van der Waals surface area contributed by atoms with Gasteiger partial charge in [-0.2, -0.15) is 0 Å². The molecule has 2 fully saturated rings. The molecule has 0 bridgehead atoms. The summed E-state index contributed by atoms with van der Waals surface area (Å²) < 4.78 is 0. The molecule has 3 rings (SSSR count). The highest BCUT2D eigenvalue weighted by molar-refractivity contribution is 5.77. The minimum Gasteiger partial charge on any atom is -0.481 e. The first-order valence-electron chi connectivity index (χ1n) is 7.89. The summed E-state index contributed by atoms with van der Waals surface area (Å²) in [4.78, 5) is 22.6. The van der Waals surface area contributed by atoms with Crippen LogP contribution in [0.15, 0.2) is 6.20 Å². The van der Waals surface area contributed by atoms with Crippen molar-refractivity contribution in [3.8, 4) is 0 Å². The lowest BCUT2D eigenvalue weighted by Gasteiger charge is -2.44. The van der Waals surface area contributed by atoms with Crippen molar-refractivity contribution in [2.75, 3.05) is 18.0 Å². The molecule has 1 aliphatic carbocycles. The molecule has 0 radical (unpaired) electrons. The average molecular weight is 305 g/mol. The molecule has 1 saturated carbocycles. The highest BCUT2D eigenvalue weighted by Crippen LogP contribution is 2.45. The van der Waals surface area contributed by atoms with Crippen molar-refractivity contribution in [1.29, 1.82) is 0 Å². The standard InChI is InChI=1S/C16H23N3O3/c1-10-8-17-11(2)18-14(10)19-6-5-13(20)16(9-19,15(21)22)7-12-3-4-12/h8,12-13,20H,3-7,9H2,1-2H3,(H,21,22)/t13-,16+/m0/s1. The topological polar surface area (TPSA) is 86.5 Å². The maximum atomic E-state index is 12.0. The van der Waals surface area contributed by atoms with E-state index in [1.807, 2.05) is 18.7 Å². The third-order valence-electron chi connectivity index (χ3n) is 4.92. The lowest BCUT2D eigenvalue weighted by atomic mass is 9.73. The second kappa shape index (κ2) is 5.50. The van der Waals surface area contributed by atoms with Crippen LogP contribution in [0, 0.1) is 25.2 Å². The Bertz CT molecular complexity index is 588. The van der Waals surface area contributed by atoms with Gasteiger partial charge in [0.25, 0.3) is 0 Å². The highest BCUT2D eigenvalue weighted by atomic mass is 16.4. The van der Waals surface area contributed by atoms with Gasteiger partial charge in [-0.15, -0.1) is 0 Å². The molecule has 0 spiro atoms. The Labute approximate surface area is 130 Å². The van der Waals surface area contributed by atoms with Crippen molar-refractivity contribution >= 4 is 11.8 Å². The summed E-state index contributed by atoms with van der Waals surface area (Å²) in [5, 5.41) is 20.2. The van der Waals surface area contributed by atoms with Gasteiger partial charge in [0.1, 0.15) is 17.1 Å². The van der Waals surface area contributed by atoms with Crippen LogP contribution >= 0.6 is 0 Å². The zero-order chi connectivity index (χ0) is 15.9. The van der Waals surface area contributed by atoms with E-state index in [0.29, 0.717) is 37.7 Å². The van der Waals surface area contributed by atoms with Crippen molar-refractivity contribution < 1.29 is 15.0 Å². The highest BCUT2D eigenvalue weighted by Gasteiger charge is 2.52. The summed E-state index contributed by atoms with van der Waals surface area (Å²) in [6.45, 7) is 4.70. The van der Waals surface area contributed by atoms with Crippen LogP contribution in [0.2, 0.25) is 0 Å². The van der Waals surface area contributed by atoms with E-state index in [0.717, 1.165) is 24.2 Å². The van der Waals surface area contributed by atoms with Crippen LogP contribution in [0.25, 0.3) is 0 Å². The molecular weight excluding hydrogens is 282 g/mol. The number of aliphatic hydroxyl groups is 1. The molecule has 0 aromatic carbocycles. The molecule has 6 nitrogen and oxygen atoms in total. The lowest BCUT2D eigenvalue weighted by molar-refractivity contribution is -0.158. The summed E-state index contributed by atoms with van der Waals surface area (Å²) in [6, 6.07) is 0. The second-order valence-electron chi connectivity index (χ2n) is 6.76. The van der Waals surface area contributed by atoms with Gasteiger partial charge in [-0.25, -0.2) is 9.97 Å². The zero-order valence-corrected chi connectivity index (χ0v) is 13.1. The number of carboxylic acid groups (broad SMARTS) is 1. The first-order valence-corrected chi connectivity index (χ1v) is 7.89. The number of rotatable bonds is 4. The van der Waals surface area contributed by atoms with E-state index >= 15 is 0 Å². The van der Waals surface area contributed by atoms with Gasteiger partial charge in [-0.3, -0.25) is 4.79 Å². The van der Waals surface area contributed by atoms with Crippen molar-refractivity contribution in [2.24, 2.45) is 11.3 Å². The van der Waals surface area contributed by atoms with Crippen LogP contribution in [0.5, 0.6) is 0 Å². The number of hydrogen-bond acceptors (Lipinski definition) is 5. The minimum absolute atomic E-state index is 0.317. The third-order valence-corrected chi connectivity index (χ3v) is 4.92. The quantitative estimate of drug-likeness (QED) is 0.877. The largest absolute Gasteiger partial charge is 0.481 e. The molecule has 22 heavy (non-hydrogen) atoms. The van der Waals surface area contributed by atoms with Gasteiger partial charge in [0.2, 0.25) is 0 Å². The van der Waals surface area contributed by atoms with E-state index in [-0.39, 0.29) is 0 Å². The third kappa shape index (κ3) is 2.67. The van der Waals surface area contributed by atoms with E-state index < -0.39 is 17.5 Å². The summed E-state index contributed by atoms with van der Waals surface area (Å²) in [5.41, 5.74) is -0.141. The van der Waals surface area contributed by atoms with Crippen molar-refractivity contribution in [3.63, 3.8) is 0 Å². The predicted octanol–water partition coefficient (Wildman–Crippen LogP) is 1.54. The normalized spacial score (nSPS) is 28.7. The van der Waals surface area contributed by atoms with E-state index in [1.54, 1.807) is 6.20 Å². The van der Waals surface area contributed by atoms with Crippen LogP contribution in [0.3, 0.4) is 0 Å². The average Bonchev–Trinajstić information content (AvgIpc) is 3.28. The van der Waals surface area contributed by atoms with Crippen LogP contribution in [0.1, 0.15) is 37.1 Å². The second-order valence-corrected chi connectivity index (χ2v) is 6.76. The number of carboxylic acids is 1. The minimum atomic E-state index is -1.08. The van der Waals surface area contributed by atoms with Crippen LogP contribution in [-0.4, -0.2) is 45.3 Å². The molecule has 2 atom stereocenters. The number of aromatic nitrogens is 2. The number of nitrogens with zero attached hydrogens (tertiary/aromatic N) is 3. The molecule has 6 heteroatoms. The molecule has 2 aliphatic rings. The first kappa shape index (κ1) is 15.2. The Hall–Kier alpha value is -1.69.